The third-order valence-corrected chi connectivity index (χ3v) is 14.2. The third kappa shape index (κ3) is 7.74. The molecule has 0 aromatic heterocycles. The smallest absolute Gasteiger partial charge is 0.327 e. The van der Waals surface area contributed by atoms with Gasteiger partial charge in [-0.3, -0.25) is 9.52 Å². The van der Waals surface area contributed by atoms with E-state index in [-0.39, 0.29) is 34.8 Å². The molecule has 0 unspecified atom stereocenters. The molecule has 12 heteroatoms. The summed E-state index contributed by atoms with van der Waals surface area (Å²) < 4.78 is 40.0. The van der Waals surface area contributed by atoms with Crippen molar-refractivity contribution in [2.75, 3.05) is 44.1 Å². The summed E-state index contributed by atoms with van der Waals surface area (Å²) in [5, 5.41) is 3.66. The first-order valence-corrected chi connectivity index (χ1v) is 21.0. The van der Waals surface area contributed by atoms with Gasteiger partial charge in [-0.15, -0.1) is 4.36 Å². The van der Waals surface area contributed by atoms with Crippen LogP contribution in [0.2, 0.25) is 5.02 Å². The van der Waals surface area contributed by atoms with Crippen LogP contribution in [0.15, 0.2) is 52.9 Å². The molecule has 2 N–H and O–H groups in total. The lowest BCUT2D eigenvalue weighted by Crippen LogP contribution is -2.57. The number of allylic oxidation sites excluding steroid dienone is 1. The van der Waals surface area contributed by atoms with E-state index in [4.69, 9.17) is 25.8 Å². The first-order valence-electron chi connectivity index (χ1n) is 18.9. The van der Waals surface area contributed by atoms with Crippen LogP contribution < -0.4 is 19.7 Å². The van der Waals surface area contributed by atoms with Crippen LogP contribution in [0.5, 0.6) is 5.75 Å². The lowest BCUT2D eigenvalue weighted by molar-refractivity contribution is -0.0940. The fraction of sp³-hybridized carbons (Fsp3) is 0.600. The van der Waals surface area contributed by atoms with Crippen molar-refractivity contribution < 1.29 is 28.0 Å². The Kier molecular flexibility index (Phi) is 10.7. The van der Waals surface area contributed by atoms with E-state index in [9.17, 15) is 13.8 Å². The Labute approximate surface area is 313 Å². The van der Waals surface area contributed by atoms with E-state index in [1.807, 2.05) is 39.0 Å². The number of ether oxygens (including phenoxy) is 3. The van der Waals surface area contributed by atoms with Gasteiger partial charge in [0.1, 0.15) is 15.7 Å². The van der Waals surface area contributed by atoms with E-state index >= 15 is 0 Å². The molecule has 2 saturated carbocycles. The molecule has 7 rings (SSSR count). The fourth-order valence-electron chi connectivity index (χ4n) is 9.28. The predicted octanol–water partition coefficient (Wildman–Crippen LogP) is 7.23. The first-order chi connectivity index (χ1) is 24.9. The number of carbonyl (C=O) groups excluding carboxylic acids is 2. The molecular formula is C40H53ClN4O6S. The van der Waals surface area contributed by atoms with Gasteiger partial charge in [0.15, 0.2) is 0 Å². The average molecular weight is 753 g/mol. The number of urea groups is 1. The molecule has 2 heterocycles. The number of hydrogen-bond acceptors (Lipinski definition) is 7. The zero-order valence-electron chi connectivity index (χ0n) is 30.8. The SMILES string of the molecule is CCO[C@]1(C)C[C@H](NC(=O)N[S@@]2(=O)=NC(=O)c3ccc4c(c3)N(C[C@@H]3CC[C@H]3[C@@H](OC)/C=C/C[C@H](C)C2)C[C@@]2(CCCc3cc(Cl)ccc32)CO4)C1. The van der Waals surface area contributed by atoms with E-state index in [1.54, 1.807) is 13.2 Å². The van der Waals surface area contributed by atoms with Gasteiger partial charge >= 0.3 is 6.03 Å². The molecule has 0 radical (unpaired) electrons. The van der Waals surface area contributed by atoms with Crippen molar-refractivity contribution in [1.82, 2.24) is 10.0 Å². The number of rotatable bonds is 5. The quantitative estimate of drug-likeness (QED) is 0.310. The molecule has 10 nitrogen and oxygen atoms in total. The number of benzene rings is 2. The van der Waals surface area contributed by atoms with Gasteiger partial charge in [0.2, 0.25) is 0 Å². The molecule has 52 heavy (non-hydrogen) atoms. The molecule has 2 bridgehead atoms. The number of halogens is 1. The lowest BCUT2D eigenvalue weighted by Gasteiger charge is -2.46. The highest BCUT2D eigenvalue weighted by Crippen LogP contribution is 2.47. The topological polar surface area (TPSA) is 119 Å². The highest BCUT2D eigenvalue weighted by atomic mass is 35.5. The molecular weight excluding hydrogens is 700 g/mol. The Morgan fingerprint density at radius 2 is 2.02 bits per heavy atom. The number of aryl methyl sites for hydroxylation is 1. The molecule has 1 spiro atoms. The highest BCUT2D eigenvalue weighted by Gasteiger charge is 2.45. The minimum atomic E-state index is -3.50. The number of amides is 3. The van der Waals surface area contributed by atoms with E-state index in [1.165, 1.54) is 11.1 Å². The number of methoxy groups -OCH3 is 1. The van der Waals surface area contributed by atoms with Gasteiger partial charge in [-0.05, 0) is 124 Å². The van der Waals surface area contributed by atoms with Gasteiger partial charge in [-0.2, -0.15) is 0 Å². The van der Waals surface area contributed by atoms with E-state index < -0.39 is 21.9 Å². The maximum Gasteiger partial charge on any atom is 0.327 e. The third-order valence-electron chi connectivity index (χ3n) is 12.0. The summed E-state index contributed by atoms with van der Waals surface area (Å²) in [6.07, 6.45) is 11.2. The number of carbonyl (C=O) groups is 2. The van der Waals surface area contributed by atoms with E-state index in [0.717, 1.165) is 55.9 Å². The Bertz CT molecular complexity index is 1840. The Hall–Kier alpha value is -3.12. The van der Waals surface area contributed by atoms with Gasteiger partial charge < -0.3 is 24.4 Å². The van der Waals surface area contributed by atoms with Gasteiger partial charge in [-0.1, -0.05) is 36.7 Å². The van der Waals surface area contributed by atoms with Crippen LogP contribution in [-0.4, -0.2) is 73.1 Å². The van der Waals surface area contributed by atoms with Gasteiger partial charge in [-0.25, -0.2) is 9.00 Å². The molecule has 3 amide bonds. The molecule has 2 fully saturated rings. The Balaban J connectivity index is 1.23. The second-order valence-corrected chi connectivity index (χ2v) is 18.5. The van der Waals surface area contributed by atoms with Crippen LogP contribution in [0.25, 0.3) is 0 Å². The van der Waals surface area contributed by atoms with Gasteiger partial charge in [0.05, 0.1) is 29.8 Å². The normalized spacial score (nSPS) is 35.0. The fourth-order valence-corrected chi connectivity index (χ4v) is 11.3. The van der Waals surface area contributed by atoms with Crippen LogP contribution in [0.4, 0.5) is 10.5 Å². The van der Waals surface area contributed by atoms with Crippen molar-refractivity contribution in [3.8, 4) is 5.75 Å². The molecule has 2 aromatic carbocycles. The lowest BCUT2D eigenvalue weighted by atomic mass is 9.68. The maximum atomic E-state index is 14.5. The first kappa shape index (κ1) is 37.2. The van der Waals surface area contributed by atoms with Crippen molar-refractivity contribution in [1.29, 1.82) is 0 Å². The van der Waals surface area contributed by atoms with Crippen molar-refractivity contribution in [3.63, 3.8) is 0 Å². The zero-order chi connectivity index (χ0) is 36.7. The number of nitrogens with one attached hydrogen (secondary N) is 2. The minimum absolute atomic E-state index is 0.0215. The standard InChI is InChI=1S/C40H53ClN4O6S/c1-5-51-39(3)20-31(21-39)42-38(47)44-52(48)23-26(2)8-6-10-35(49-4)32-14-11-29(32)22-45-24-40(17-7-9-27-18-30(41)13-15-33(27)40)25-50-36-16-12-28(19-34(36)45)37(46)43-52/h6,10,12-13,15-16,18-19,26,29,31-32,35H,5,7-9,11,14,17,20-25H2,1-4H3,(H2,42,43,44,46,47,48)/b10-6+/t26-,29-,31-,32+,35-,39+,40-,52-/m0/s1. The number of fused-ring (bicyclic) bond motifs is 4. The van der Waals surface area contributed by atoms with Crippen molar-refractivity contribution >= 4 is 39.1 Å². The summed E-state index contributed by atoms with van der Waals surface area (Å²) in [5.74, 6) is 0.704. The largest absolute Gasteiger partial charge is 0.490 e. The monoisotopic (exact) mass is 752 g/mol. The predicted molar refractivity (Wildman–Crippen MR) is 205 cm³/mol. The summed E-state index contributed by atoms with van der Waals surface area (Å²) in [5.41, 5.74) is 3.14. The highest BCUT2D eigenvalue weighted by molar-refractivity contribution is 7.92. The Morgan fingerprint density at radius 1 is 1.19 bits per heavy atom. The molecule has 5 aliphatic rings. The molecule has 2 aliphatic heterocycles. The summed E-state index contributed by atoms with van der Waals surface area (Å²) in [7, 11) is -1.73. The second kappa shape index (κ2) is 15.0. The summed E-state index contributed by atoms with van der Waals surface area (Å²) in [6.45, 7) is 8.55. The summed E-state index contributed by atoms with van der Waals surface area (Å²) in [4.78, 5) is 29.6. The Morgan fingerprint density at radius 3 is 2.77 bits per heavy atom. The van der Waals surface area contributed by atoms with Crippen LogP contribution in [0.3, 0.4) is 0 Å². The molecule has 2 aromatic rings. The number of nitrogens with zero attached hydrogens (tertiary/aromatic N) is 2. The zero-order valence-corrected chi connectivity index (χ0v) is 32.4. The van der Waals surface area contributed by atoms with Crippen molar-refractivity contribution in [2.24, 2.45) is 22.1 Å². The number of anilines is 1. The van der Waals surface area contributed by atoms with Gasteiger partial charge in [0, 0.05) is 48.8 Å². The summed E-state index contributed by atoms with van der Waals surface area (Å²) in [6, 6.07) is 10.9. The molecule has 0 saturated heterocycles. The molecule has 282 valence electrons. The number of hydrogen-bond donors (Lipinski definition) is 2. The second-order valence-electron chi connectivity index (χ2n) is 16.0. The van der Waals surface area contributed by atoms with Crippen LogP contribution in [0.1, 0.15) is 87.2 Å². The van der Waals surface area contributed by atoms with Crippen LogP contribution in [-0.2, 0) is 31.2 Å². The summed E-state index contributed by atoms with van der Waals surface area (Å²) >= 11 is 6.46. The molecule has 3 aliphatic carbocycles. The minimum Gasteiger partial charge on any atom is -0.490 e. The van der Waals surface area contributed by atoms with E-state index in [2.05, 4.69) is 43.6 Å². The average Bonchev–Trinajstić information content (AvgIpc) is 3.21. The van der Waals surface area contributed by atoms with Crippen LogP contribution >= 0.6 is 11.6 Å². The van der Waals surface area contributed by atoms with Crippen molar-refractivity contribution in [3.05, 3.63) is 70.3 Å². The molecule has 6 atom stereocenters. The van der Waals surface area contributed by atoms with E-state index in [0.29, 0.717) is 55.6 Å². The van der Waals surface area contributed by atoms with Gasteiger partial charge in [0.25, 0.3) is 5.91 Å². The maximum absolute atomic E-state index is 14.5. The van der Waals surface area contributed by atoms with Crippen molar-refractivity contribution in [2.45, 2.75) is 95.3 Å². The van der Waals surface area contributed by atoms with Crippen LogP contribution in [0, 0.1) is 17.8 Å².